The highest BCUT2D eigenvalue weighted by Crippen LogP contribution is 2.39. The first-order valence-electron chi connectivity index (χ1n) is 7.66. The number of fused-ring (bicyclic) bond motifs is 2. The fraction of sp³-hybridized carbons (Fsp3) is 0.333. The molecule has 2 nitrogen and oxygen atoms in total. The summed E-state index contributed by atoms with van der Waals surface area (Å²) in [6, 6.07) is 8.25. The van der Waals surface area contributed by atoms with Crippen LogP contribution in [-0.4, -0.2) is 11.4 Å². The van der Waals surface area contributed by atoms with E-state index in [0.29, 0.717) is 17.3 Å². The molecule has 0 bridgehead atoms. The lowest BCUT2D eigenvalue weighted by Gasteiger charge is -2.28. The summed E-state index contributed by atoms with van der Waals surface area (Å²) in [6.45, 7) is 0. The zero-order valence-electron chi connectivity index (χ0n) is 11.9. The number of nitrogens with one attached hydrogen (secondary N) is 2. The van der Waals surface area contributed by atoms with Crippen LogP contribution >= 0.6 is 11.3 Å². The van der Waals surface area contributed by atoms with Gasteiger partial charge < -0.3 is 0 Å². The van der Waals surface area contributed by atoms with E-state index >= 15 is 0 Å². The van der Waals surface area contributed by atoms with Gasteiger partial charge in [0.1, 0.15) is 0 Å². The van der Waals surface area contributed by atoms with E-state index in [1.807, 2.05) is 17.5 Å². The van der Waals surface area contributed by atoms with Gasteiger partial charge in [0.25, 0.3) is 0 Å². The van der Waals surface area contributed by atoms with E-state index in [2.05, 4.69) is 12.1 Å². The fourth-order valence-corrected chi connectivity index (χ4v) is 4.63. The summed E-state index contributed by atoms with van der Waals surface area (Å²) in [5.74, 6) is 0.573. The van der Waals surface area contributed by atoms with Gasteiger partial charge in [0.15, 0.2) is 0 Å². The minimum absolute atomic E-state index is 0.573. The molecule has 0 unspecified atom stereocenters. The second kappa shape index (κ2) is 4.92. The first-order valence-corrected chi connectivity index (χ1v) is 8.54. The first-order chi connectivity index (χ1) is 10.3. The maximum Gasteiger partial charge on any atom is 0.0800 e. The van der Waals surface area contributed by atoms with Crippen molar-refractivity contribution < 1.29 is 0 Å². The molecule has 0 saturated heterocycles. The van der Waals surface area contributed by atoms with Gasteiger partial charge in [-0.25, -0.2) is 0 Å². The largest absolute Gasteiger partial charge is 0.300 e. The van der Waals surface area contributed by atoms with E-state index in [1.165, 1.54) is 37.7 Å². The Kier molecular flexibility index (Phi) is 3.03. The zero-order chi connectivity index (χ0) is 14.4. The molecule has 0 radical (unpaired) electrons. The second-order valence-electron chi connectivity index (χ2n) is 6.02. The lowest BCUT2D eigenvalue weighted by atomic mass is 9.77. The van der Waals surface area contributed by atoms with Gasteiger partial charge in [-0.15, -0.1) is 11.3 Å². The highest BCUT2D eigenvalue weighted by atomic mass is 32.1. The van der Waals surface area contributed by atoms with Gasteiger partial charge >= 0.3 is 0 Å². The predicted octanol–water partition coefficient (Wildman–Crippen LogP) is 4.94. The van der Waals surface area contributed by atoms with Gasteiger partial charge in [-0.3, -0.25) is 10.8 Å². The Bertz CT molecular complexity index is 735. The maximum atomic E-state index is 8.63. The first kappa shape index (κ1) is 13.0. The summed E-state index contributed by atoms with van der Waals surface area (Å²) in [5, 5.41) is 19.1. The Morgan fingerprint density at radius 3 is 2.52 bits per heavy atom. The summed E-state index contributed by atoms with van der Waals surface area (Å²) in [6.07, 6.45) is 6.39. The quantitative estimate of drug-likeness (QED) is 0.638. The molecule has 1 fully saturated rings. The Morgan fingerprint density at radius 1 is 0.905 bits per heavy atom. The SMILES string of the molecule is N=C1c2ccsc2C(=N)c2c1cccc2C1CCCCC1. The fourth-order valence-electron chi connectivity index (χ4n) is 3.77. The summed E-state index contributed by atoms with van der Waals surface area (Å²) >= 11 is 1.59. The Balaban J connectivity index is 1.89. The number of hydrogen-bond donors (Lipinski definition) is 2. The van der Waals surface area contributed by atoms with Crippen molar-refractivity contribution in [3.8, 4) is 0 Å². The molecule has 2 aliphatic rings. The second-order valence-corrected chi connectivity index (χ2v) is 6.93. The summed E-state index contributed by atoms with van der Waals surface area (Å²) in [5.41, 5.74) is 5.44. The van der Waals surface area contributed by atoms with Crippen LogP contribution in [0.2, 0.25) is 0 Å². The average molecular weight is 294 g/mol. The standard InChI is InChI=1S/C18H18N2S/c19-16-13-8-4-7-12(11-5-2-1-3-6-11)15(13)17(20)18-14(16)9-10-21-18/h4,7-11,19-20H,1-3,5-6H2. The van der Waals surface area contributed by atoms with Crippen molar-refractivity contribution in [1.82, 2.24) is 0 Å². The van der Waals surface area contributed by atoms with Crippen LogP contribution in [0.1, 0.15) is 65.2 Å². The molecular formula is C18H18N2S. The Labute approximate surface area is 128 Å². The third kappa shape index (κ3) is 1.91. The van der Waals surface area contributed by atoms with E-state index in [9.17, 15) is 0 Å². The van der Waals surface area contributed by atoms with E-state index < -0.39 is 0 Å². The molecule has 0 amide bonds. The Hall–Kier alpha value is -1.74. The highest BCUT2D eigenvalue weighted by Gasteiger charge is 2.30. The molecule has 0 aliphatic heterocycles. The summed E-state index contributed by atoms with van der Waals surface area (Å²) < 4.78 is 0. The third-order valence-electron chi connectivity index (χ3n) is 4.82. The molecule has 3 heteroatoms. The topological polar surface area (TPSA) is 47.7 Å². The van der Waals surface area contributed by atoms with Crippen molar-refractivity contribution >= 4 is 22.8 Å². The number of rotatable bonds is 1. The monoisotopic (exact) mass is 294 g/mol. The highest BCUT2D eigenvalue weighted by molar-refractivity contribution is 7.13. The van der Waals surface area contributed by atoms with Gasteiger partial charge in [-0.05, 0) is 35.8 Å². The van der Waals surface area contributed by atoms with Gasteiger partial charge in [0.05, 0.1) is 16.3 Å². The van der Waals surface area contributed by atoms with Crippen molar-refractivity contribution in [2.45, 2.75) is 38.0 Å². The van der Waals surface area contributed by atoms with E-state index in [0.717, 1.165) is 21.6 Å². The number of thiophene rings is 1. The van der Waals surface area contributed by atoms with Gasteiger partial charge in [-0.2, -0.15) is 0 Å². The number of hydrogen-bond acceptors (Lipinski definition) is 3. The third-order valence-corrected chi connectivity index (χ3v) is 5.75. The molecule has 2 N–H and O–H groups in total. The smallest absolute Gasteiger partial charge is 0.0800 e. The maximum absolute atomic E-state index is 8.63. The minimum Gasteiger partial charge on any atom is -0.300 e. The Morgan fingerprint density at radius 2 is 1.71 bits per heavy atom. The molecule has 4 rings (SSSR count). The van der Waals surface area contributed by atoms with Crippen LogP contribution in [0.5, 0.6) is 0 Å². The van der Waals surface area contributed by atoms with Crippen LogP contribution in [-0.2, 0) is 0 Å². The number of benzene rings is 1. The van der Waals surface area contributed by atoms with Crippen LogP contribution in [0.25, 0.3) is 0 Å². The predicted molar refractivity (Wildman–Crippen MR) is 88.4 cm³/mol. The minimum atomic E-state index is 0.573. The van der Waals surface area contributed by atoms with Crippen molar-refractivity contribution in [3.63, 3.8) is 0 Å². The lowest BCUT2D eigenvalue weighted by molar-refractivity contribution is 0.443. The van der Waals surface area contributed by atoms with Crippen LogP contribution < -0.4 is 0 Å². The average Bonchev–Trinajstić information content (AvgIpc) is 3.03. The molecule has 2 aromatic rings. The molecule has 0 atom stereocenters. The molecule has 1 saturated carbocycles. The summed E-state index contributed by atoms with van der Waals surface area (Å²) in [4.78, 5) is 0.968. The van der Waals surface area contributed by atoms with Crippen molar-refractivity contribution in [2.24, 2.45) is 0 Å². The molecule has 0 spiro atoms. The molecule has 2 aliphatic carbocycles. The molecule has 1 aromatic heterocycles. The van der Waals surface area contributed by atoms with Crippen molar-refractivity contribution in [3.05, 3.63) is 56.8 Å². The zero-order valence-corrected chi connectivity index (χ0v) is 12.7. The van der Waals surface area contributed by atoms with Crippen LogP contribution in [0.4, 0.5) is 0 Å². The van der Waals surface area contributed by atoms with Gasteiger partial charge in [-0.1, -0.05) is 37.5 Å². The molecular weight excluding hydrogens is 276 g/mol. The van der Waals surface area contributed by atoms with Crippen LogP contribution in [0.3, 0.4) is 0 Å². The normalized spacial score (nSPS) is 18.5. The lowest BCUT2D eigenvalue weighted by Crippen LogP contribution is -2.22. The molecule has 21 heavy (non-hydrogen) atoms. The molecule has 106 valence electrons. The van der Waals surface area contributed by atoms with Crippen LogP contribution in [0, 0.1) is 10.8 Å². The van der Waals surface area contributed by atoms with Gasteiger partial charge in [0.2, 0.25) is 0 Å². The van der Waals surface area contributed by atoms with Gasteiger partial charge in [0, 0.05) is 16.7 Å². The van der Waals surface area contributed by atoms with E-state index in [4.69, 9.17) is 10.8 Å². The van der Waals surface area contributed by atoms with Crippen LogP contribution in [0.15, 0.2) is 29.6 Å². The molecule has 1 aromatic carbocycles. The molecule has 1 heterocycles. The van der Waals surface area contributed by atoms with E-state index in [1.54, 1.807) is 11.3 Å². The van der Waals surface area contributed by atoms with E-state index in [-0.39, 0.29) is 0 Å². The van der Waals surface area contributed by atoms with Crippen molar-refractivity contribution in [2.75, 3.05) is 0 Å². The van der Waals surface area contributed by atoms with Crippen molar-refractivity contribution in [1.29, 1.82) is 10.8 Å². The summed E-state index contributed by atoms with van der Waals surface area (Å²) in [7, 11) is 0.